The first-order chi connectivity index (χ1) is 15.0. The maximum Gasteiger partial charge on any atom is 0.451 e. The maximum absolute atomic E-state index is 14.3. The minimum Gasteiger partial charge on any atom is -0.429 e. The Labute approximate surface area is 178 Å². The number of halogens is 7. The van der Waals surface area contributed by atoms with Crippen molar-refractivity contribution >= 4 is 0 Å². The van der Waals surface area contributed by atoms with Gasteiger partial charge in [0.2, 0.25) is 0 Å². The number of benzene rings is 1. The Bertz CT molecular complexity index is 742. The van der Waals surface area contributed by atoms with Crippen molar-refractivity contribution in [3.63, 3.8) is 0 Å². The van der Waals surface area contributed by atoms with E-state index >= 15 is 0 Å². The third-order valence-corrected chi connectivity index (χ3v) is 4.61. The zero-order chi connectivity index (χ0) is 23.5. The fraction of sp³-hybridized carbons (Fsp3) is 0.684. The van der Waals surface area contributed by atoms with Gasteiger partial charge in [0.15, 0.2) is 17.5 Å². The molecule has 0 spiro atoms. The Balaban J connectivity index is 1.51. The van der Waals surface area contributed by atoms with E-state index in [1.54, 1.807) is 0 Å². The first-order valence-corrected chi connectivity index (χ1v) is 9.75. The van der Waals surface area contributed by atoms with Crippen molar-refractivity contribution in [1.29, 1.82) is 0 Å². The number of alkyl halides is 4. The number of rotatable bonds is 8. The molecule has 2 fully saturated rings. The standard InChI is InChI=1S/C19H21F7O6/c1-2-3-10-6-27-16(28-7-10)19(25,26)32-12-8-29-17(30-9-12)18(23,24)31-11-4-13(20)15(22)14(21)5-11/h4-5,10,12,16-17H,2-3,6-9H2,1H3. The Kier molecular flexibility index (Phi) is 7.86. The van der Waals surface area contributed by atoms with Crippen LogP contribution in [0.5, 0.6) is 5.75 Å². The normalized spacial score (nSPS) is 27.4. The number of hydrogen-bond donors (Lipinski definition) is 0. The summed E-state index contributed by atoms with van der Waals surface area (Å²) in [7, 11) is 0. The third kappa shape index (κ3) is 6.01. The van der Waals surface area contributed by atoms with Crippen LogP contribution in [0.15, 0.2) is 12.1 Å². The molecular weight excluding hydrogens is 457 g/mol. The van der Waals surface area contributed by atoms with E-state index in [-0.39, 0.29) is 31.3 Å². The molecule has 6 nitrogen and oxygen atoms in total. The van der Waals surface area contributed by atoms with Gasteiger partial charge in [0, 0.05) is 18.1 Å². The van der Waals surface area contributed by atoms with E-state index in [4.69, 9.17) is 18.9 Å². The van der Waals surface area contributed by atoms with Gasteiger partial charge in [-0.15, -0.1) is 0 Å². The van der Waals surface area contributed by atoms with E-state index in [9.17, 15) is 30.7 Å². The van der Waals surface area contributed by atoms with Crippen LogP contribution in [-0.4, -0.2) is 57.3 Å². The molecule has 0 amide bonds. The average molecular weight is 478 g/mol. The molecule has 0 saturated carbocycles. The lowest BCUT2D eigenvalue weighted by atomic mass is 10.1. The fourth-order valence-corrected chi connectivity index (χ4v) is 3.13. The zero-order valence-electron chi connectivity index (χ0n) is 16.8. The van der Waals surface area contributed by atoms with Crippen molar-refractivity contribution in [1.82, 2.24) is 0 Å². The van der Waals surface area contributed by atoms with Gasteiger partial charge >= 0.3 is 12.2 Å². The third-order valence-electron chi connectivity index (χ3n) is 4.61. The van der Waals surface area contributed by atoms with Crippen LogP contribution in [0.25, 0.3) is 0 Å². The van der Waals surface area contributed by atoms with E-state index in [0.717, 1.165) is 12.8 Å². The van der Waals surface area contributed by atoms with Gasteiger partial charge in [0.05, 0.1) is 26.4 Å². The summed E-state index contributed by atoms with van der Waals surface area (Å²) >= 11 is 0. The minimum absolute atomic E-state index is 0.0144. The van der Waals surface area contributed by atoms with Gasteiger partial charge in [-0.1, -0.05) is 13.3 Å². The lowest BCUT2D eigenvalue weighted by Gasteiger charge is -2.37. The molecule has 2 aliphatic heterocycles. The second kappa shape index (κ2) is 10.1. The highest BCUT2D eigenvalue weighted by Gasteiger charge is 2.51. The lowest BCUT2D eigenvalue weighted by molar-refractivity contribution is -0.413. The van der Waals surface area contributed by atoms with Crippen LogP contribution in [0.4, 0.5) is 30.7 Å². The van der Waals surface area contributed by atoms with Gasteiger partial charge in [-0.3, -0.25) is 0 Å². The van der Waals surface area contributed by atoms with Crippen LogP contribution < -0.4 is 4.74 Å². The summed E-state index contributed by atoms with van der Waals surface area (Å²) in [5, 5.41) is 0. The Hall–Kier alpha value is -1.67. The van der Waals surface area contributed by atoms with E-state index in [1.807, 2.05) is 6.92 Å². The molecule has 13 heteroatoms. The molecule has 1 aromatic carbocycles. The number of hydrogen-bond acceptors (Lipinski definition) is 6. The molecule has 2 aliphatic rings. The predicted molar refractivity (Wildman–Crippen MR) is 91.5 cm³/mol. The Morgan fingerprint density at radius 3 is 1.88 bits per heavy atom. The molecule has 32 heavy (non-hydrogen) atoms. The van der Waals surface area contributed by atoms with Crippen LogP contribution >= 0.6 is 0 Å². The zero-order valence-corrected chi connectivity index (χ0v) is 16.8. The molecule has 0 unspecified atom stereocenters. The summed E-state index contributed by atoms with van der Waals surface area (Å²) < 4.78 is 124. The fourth-order valence-electron chi connectivity index (χ4n) is 3.13. The van der Waals surface area contributed by atoms with Crippen LogP contribution in [0.2, 0.25) is 0 Å². The van der Waals surface area contributed by atoms with Gasteiger partial charge < -0.3 is 28.4 Å². The van der Waals surface area contributed by atoms with Crippen molar-refractivity contribution < 1.29 is 59.2 Å². The quantitative estimate of drug-likeness (QED) is 0.412. The van der Waals surface area contributed by atoms with Crippen molar-refractivity contribution in [3.8, 4) is 5.75 Å². The summed E-state index contributed by atoms with van der Waals surface area (Å²) in [4.78, 5) is 0. The highest BCUT2D eigenvalue weighted by atomic mass is 19.3. The van der Waals surface area contributed by atoms with Crippen LogP contribution in [0, 0.1) is 23.4 Å². The maximum atomic E-state index is 14.3. The van der Waals surface area contributed by atoms with Crippen molar-refractivity contribution in [2.75, 3.05) is 26.4 Å². The second-order valence-electron chi connectivity index (χ2n) is 7.32. The van der Waals surface area contributed by atoms with E-state index in [2.05, 4.69) is 9.47 Å². The number of ether oxygens (including phenoxy) is 6. The molecule has 0 radical (unpaired) electrons. The molecule has 0 N–H and O–H groups in total. The first-order valence-electron chi connectivity index (χ1n) is 9.75. The smallest absolute Gasteiger partial charge is 0.429 e. The van der Waals surface area contributed by atoms with Crippen LogP contribution in [-0.2, 0) is 23.7 Å². The highest BCUT2D eigenvalue weighted by Crippen LogP contribution is 2.34. The molecule has 182 valence electrons. The highest BCUT2D eigenvalue weighted by molar-refractivity contribution is 5.25. The summed E-state index contributed by atoms with van der Waals surface area (Å²) in [5.41, 5.74) is 0. The van der Waals surface area contributed by atoms with E-state index in [0.29, 0.717) is 0 Å². The molecular formula is C19H21F7O6. The molecule has 0 atom stereocenters. The van der Waals surface area contributed by atoms with E-state index < -0.39 is 67.3 Å². The van der Waals surface area contributed by atoms with Crippen LogP contribution in [0.3, 0.4) is 0 Å². The summed E-state index contributed by atoms with van der Waals surface area (Å²) in [5.74, 6) is -6.40. The topological polar surface area (TPSA) is 55.4 Å². The largest absolute Gasteiger partial charge is 0.451 e. The second-order valence-corrected chi connectivity index (χ2v) is 7.32. The van der Waals surface area contributed by atoms with Gasteiger partial charge in [-0.2, -0.15) is 17.6 Å². The molecule has 1 aromatic rings. The first kappa shape index (κ1) is 25.0. The average Bonchev–Trinajstić information content (AvgIpc) is 2.72. The summed E-state index contributed by atoms with van der Waals surface area (Å²) in [6.45, 7) is 0.578. The molecule has 3 rings (SSSR count). The van der Waals surface area contributed by atoms with Crippen molar-refractivity contribution in [2.24, 2.45) is 5.92 Å². The van der Waals surface area contributed by atoms with Gasteiger partial charge in [0.25, 0.3) is 12.6 Å². The molecule has 0 aliphatic carbocycles. The van der Waals surface area contributed by atoms with E-state index in [1.165, 1.54) is 0 Å². The van der Waals surface area contributed by atoms with Crippen molar-refractivity contribution in [3.05, 3.63) is 29.6 Å². The van der Waals surface area contributed by atoms with Gasteiger partial charge in [-0.25, -0.2) is 13.2 Å². The van der Waals surface area contributed by atoms with Crippen LogP contribution in [0.1, 0.15) is 19.8 Å². The summed E-state index contributed by atoms with van der Waals surface area (Å²) in [6.07, 6.45) is -12.4. The predicted octanol–water partition coefficient (Wildman–Crippen LogP) is 4.22. The monoisotopic (exact) mass is 478 g/mol. The van der Waals surface area contributed by atoms with Crippen molar-refractivity contribution in [2.45, 2.75) is 50.7 Å². The minimum atomic E-state index is -4.28. The SMILES string of the molecule is CCCC1COC(C(F)(F)OC2COC(C(F)(F)Oc3cc(F)c(F)c(F)c3)OC2)OC1. The molecule has 0 aromatic heterocycles. The van der Waals surface area contributed by atoms with Gasteiger partial charge in [0.1, 0.15) is 11.9 Å². The molecule has 2 heterocycles. The Morgan fingerprint density at radius 2 is 1.34 bits per heavy atom. The summed E-state index contributed by atoms with van der Waals surface area (Å²) in [6, 6.07) is 0.410. The van der Waals surface area contributed by atoms with Gasteiger partial charge in [-0.05, 0) is 6.42 Å². The lowest BCUT2D eigenvalue weighted by Crippen LogP contribution is -2.53. The Morgan fingerprint density at radius 1 is 0.844 bits per heavy atom. The molecule has 2 saturated heterocycles. The molecule has 0 bridgehead atoms.